The van der Waals surface area contributed by atoms with E-state index in [1.165, 1.54) is 12.1 Å². The molecule has 5 amide bonds. The quantitative estimate of drug-likeness (QED) is 0.0682. The Labute approximate surface area is 358 Å². The Bertz CT molecular complexity index is 2390. The SMILES string of the molecule is O=C1CCC(N2C(=O)c3cccc(NCCCOCC4CCN(CC5CCC(n6cc7cc(NC(=O)c8cccc(C(F)(F)F)n8)c(C(F)F)cc7n6)CC5)CC4)c3C2=O)C(=O)N1. The smallest absolute Gasteiger partial charge is 0.384 e. The topological polar surface area (TPSA) is 168 Å². The minimum atomic E-state index is -4.77. The number of aromatic nitrogens is 3. The van der Waals surface area contributed by atoms with Crippen molar-refractivity contribution < 1.29 is 50.7 Å². The highest BCUT2D eigenvalue weighted by Crippen LogP contribution is 2.37. The van der Waals surface area contributed by atoms with E-state index in [1.54, 1.807) is 29.1 Å². The Morgan fingerprint density at radius 2 is 1.67 bits per heavy atom. The summed E-state index contributed by atoms with van der Waals surface area (Å²) in [6, 6.07) is 9.46. The van der Waals surface area contributed by atoms with Gasteiger partial charge in [0.2, 0.25) is 11.8 Å². The lowest BCUT2D eigenvalue weighted by molar-refractivity contribution is -0.141. The van der Waals surface area contributed by atoms with Crippen LogP contribution in [0.25, 0.3) is 10.9 Å². The summed E-state index contributed by atoms with van der Waals surface area (Å²) in [5.41, 5.74) is -1.21. The number of imide groups is 2. The highest BCUT2D eigenvalue weighted by Gasteiger charge is 2.45. The van der Waals surface area contributed by atoms with Gasteiger partial charge in [0.05, 0.1) is 28.4 Å². The predicted octanol–water partition coefficient (Wildman–Crippen LogP) is 7.00. The van der Waals surface area contributed by atoms with Crippen molar-refractivity contribution in [3.05, 3.63) is 82.8 Å². The standard InChI is InChI=1S/C44H47F5N8O6/c45-39(46)30-21-33-27(20-34(30)52-40(59)32-6-2-7-36(51-32)44(47,48)49)23-56(54-33)28-10-8-25(9-11-28)22-55-17-14-26(15-18-55)24-63-19-3-16-50-31-5-1-4-29-38(31)43(62)57(42(29)61)35-12-13-37(58)53-41(35)60/h1-2,4-7,20-21,23,25-26,28,35,39,50H,3,8-19,22,24H2,(H,52,59)(H,53,58,60). The third-order valence-electron chi connectivity index (χ3n) is 12.5. The maximum atomic E-state index is 14.1. The Morgan fingerprint density at radius 3 is 2.40 bits per heavy atom. The third kappa shape index (κ3) is 9.73. The fraction of sp³-hybridized carbons (Fsp3) is 0.477. The zero-order chi connectivity index (χ0) is 44.4. The lowest BCUT2D eigenvalue weighted by Crippen LogP contribution is -2.54. The number of ether oxygens (including phenoxy) is 1. The monoisotopic (exact) mass is 878 g/mol. The summed E-state index contributed by atoms with van der Waals surface area (Å²) in [6.07, 6.45) is 0.621. The van der Waals surface area contributed by atoms with E-state index in [1.807, 2.05) is 0 Å². The van der Waals surface area contributed by atoms with Crippen molar-refractivity contribution in [2.75, 3.05) is 50.0 Å². The number of fused-ring (bicyclic) bond motifs is 2. The number of rotatable bonds is 14. The number of anilines is 2. The van der Waals surface area contributed by atoms with Gasteiger partial charge in [-0.2, -0.15) is 18.3 Å². The molecule has 1 saturated carbocycles. The lowest BCUT2D eigenvalue weighted by Gasteiger charge is -2.36. The maximum absolute atomic E-state index is 14.1. The van der Waals surface area contributed by atoms with E-state index in [2.05, 4.69) is 30.9 Å². The highest BCUT2D eigenvalue weighted by molar-refractivity contribution is 6.25. The average Bonchev–Trinajstić information content (AvgIpc) is 3.79. The molecule has 3 N–H and O–H groups in total. The van der Waals surface area contributed by atoms with E-state index in [0.29, 0.717) is 54.6 Å². The first-order valence-electron chi connectivity index (χ1n) is 21.3. The van der Waals surface area contributed by atoms with Crippen LogP contribution in [-0.2, 0) is 20.5 Å². The first kappa shape index (κ1) is 43.8. The van der Waals surface area contributed by atoms with Crippen LogP contribution in [0.4, 0.5) is 33.3 Å². The third-order valence-corrected chi connectivity index (χ3v) is 12.5. The zero-order valence-electron chi connectivity index (χ0n) is 34.3. The van der Waals surface area contributed by atoms with Crippen LogP contribution in [0, 0.1) is 11.8 Å². The Balaban J connectivity index is 0.747. The summed E-state index contributed by atoms with van der Waals surface area (Å²) in [7, 11) is 0. The van der Waals surface area contributed by atoms with Gasteiger partial charge >= 0.3 is 6.18 Å². The number of alkyl halides is 5. The molecule has 3 fully saturated rings. The van der Waals surface area contributed by atoms with Gasteiger partial charge in [0.25, 0.3) is 24.1 Å². The number of likely N-dealkylation sites (tertiary alicyclic amines) is 1. The second-order valence-corrected chi connectivity index (χ2v) is 16.7. The van der Waals surface area contributed by atoms with Crippen molar-refractivity contribution in [1.29, 1.82) is 0 Å². The van der Waals surface area contributed by atoms with Gasteiger partial charge in [-0.3, -0.25) is 38.9 Å². The molecule has 4 aliphatic rings. The van der Waals surface area contributed by atoms with Gasteiger partial charge in [-0.15, -0.1) is 0 Å². The van der Waals surface area contributed by atoms with Gasteiger partial charge in [0, 0.05) is 55.6 Å². The Morgan fingerprint density at radius 1 is 0.905 bits per heavy atom. The largest absolute Gasteiger partial charge is 0.433 e. The second kappa shape index (κ2) is 18.5. The van der Waals surface area contributed by atoms with Crippen molar-refractivity contribution in [2.24, 2.45) is 11.8 Å². The summed E-state index contributed by atoms with van der Waals surface area (Å²) in [6.45, 7) is 4.66. The van der Waals surface area contributed by atoms with Crippen LogP contribution in [0.3, 0.4) is 0 Å². The molecule has 2 aromatic heterocycles. The number of hydrogen-bond donors (Lipinski definition) is 3. The molecule has 8 rings (SSSR count). The molecule has 1 unspecified atom stereocenters. The molecule has 3 aliphatic heterocycles. The molecule has 4 aromatic rings. The van der Waals surface area contributed by atoms with Crippen molar-refractivity contribution in [1.82, 2.24) is 29.9 Å². The fourth-order valence-electron chi connectivity index (χ4n) is 9.09. The molecule has 5 heterocycles. The minimum Gasteiger partial charge on any atom is -0.384 e. The van der Waals surface area contributed by atoms with Gasteiger partial charge in [0.15, 0.2) is 0 Å². The number of carbonyl (C=O) groups excluding carboxylic acids is 5. The number of piperidine rings is 2. The van der Waals surface area contributed by atoms with E-state index in [0.717, 1.165) is 81.3 Å². The zero-order valence-corrected chi connectivity index (χ0v) is 34.3. The van der Waals surface area contributed by atoms with Crippen molar-refractivity contribution in [2.45, 2.75) is 82.5 Å². The summed E-state index contributed by atoms with van der Waals surface area (Å²) < 4.78 is 75.5. The normalized spacial score (nSPS) is 21.3. The molecule has 0 radical (unpaired) electrons. The number of pyridine rings is 1. The van der Waals surface area contributed by atoms with Crippen LogP contribution in [0.5, 0.6) is 0 Å². The second-order valence-electron chi connectivity index (χ2n) is 16.7. The fourth-order valence-corrected chi connectivity index (χ4v) is 9.09. The molecule has 2 saturated heterocycles. The summed E-state index contributed by atoms with van der Waals surface area (Å²) in [4.78, 5) is 70.1. The molecule has 63 heavy (non-hydrogen) atoms. The predicted molar refractivity (Wildman–Crippen MR) is 219 cm³/mol. The van der Waals surface area contributed by atoms with Crippen molar-refractivity contribution >= 4 is 51.8 Å². The Kier molecular flexibility index (Phi) is 12.9. The van der Waals surface area contributed by atoms with Gasteiger partial charge in [0.1, 0.15) is 17.4 Å². The molecule has 1 aliphatic carbocycles. The Hall–Kier alpha value is -5.82. The molecule has 14 nitrogen and oxygen atoms in total. The van der Waals surface area contributed by atoms with Crippen LogP contribution in [0.2, 0.25) is 0 Å². The number of amides is 5. The molecule has 19 heteroatoms. The maximum Gasteiger partial charge on any atom is 0.433 e. The molecule has 0 bridgehead atoms. The van der Waals surface area contributed by atoms with E-state index in [-0.39, 0.29) is 35.7 Å². The van der Waals surface area contributed by atoms with E-state index < -0.39 is 65.1 Å². The van der Waals surface area contributed by atoms with E-state index >= 15 is 0 Å². The van der Waals surface area contributed by atoms with Crippen molar-refractivity contribution in [3.63, 3.8) is 0 Å². The number of halogens is 5. The molecular weight excluding hydrogens is 832 g/mol. The minimum absolute atomic E-state index is 0.0563. The van der Waals surface area contributed by atoms with Crippen molar-refractivity contribution in [3.8, 4) is 0 Å². The highest BCUT2D eigenvalue weighted by atomic mass is 19.4. The van der Waals surface area contributed by atoms with Crippen LogP contribution < -0.4 is 16.0 Å². The van der Waals surface area contributed by atoms with Crippen LogP contribution in [-0.4, -0.2) is 99.5 Å². The first-order chi connectivity index (χ1) is 30.2. The molecular formula is C44H47F5N8O6. The van der Waals surface area contributed by atoms with E-state index in [9.17, 15) is 45.9 Å². The number of nitrogens with one attached hydrogen (secondary N) is 3. The first-order valence-corrected chi connectivity index (χ1v) is 21.3. The lowest BCUT2D eigenvalue weighted by atomic mass is 9.85. The van der Waals surface area contributed by atoms with Crippen LogP contribution in [0.15, 0.2) is 54.7 Å². The molecule has 1 atom stereocenters. The van der Waals surface area contributed by atoms with Gasteiger partial charge in [-0.25, -0.2) is 13.8 Å². The number of nitrogens with zero attached hydrogens (tertiary/aromatic N) is 5. The molecule has 2 aromatic carbocycles. The van der Waals surface area contributed by atoms with E-state index in [4.69, 9.17) is 4.74 Å². The number of hydrogen-bond acceptors (Lipinski definition) is 10. The van der Waals surface area contributed by atoms with Gasteiger partial charge in [-0.05, 0) is 113 Å². The van der Waals surface area contributed by atoms with Gasteiger partial charge in [-0.1, -0.05) is 12.1 Å². The van der Waals surface area contributed by atoms with Crippen LogP contribution >= 0.6 is 0 Å². The molecule has 334 valence electrons. The molecule has 0 spiro atoms. The van der Waals surface area contributed by atoms with Crippen LogP contribution in [0.1, 0.15) is 113 Å². The summed E-state index contributed by atoms with van der Waals surface area (Å²) in [5.74, 6) is -2.23. The average molecular weight is 879 g/mol. The summed E-state index contributed by atoms with van der Waals surface area (Å²) in [5, 5.41) is 12.9. The van der Waals surface area contributed by atoms with Gasteiger partial charge < -0.3 is 20.3 Å². The number of carbonyl (C=O) groups is 5. The summed E-state index contributed by atoms with van der Waals surface area (Å²) >= 11 is 0. The number of benzene rings is 2.